The van der Waals surface area contributed by atoms with Gasteiger partial charge in [0.1, 0.15) is 0 Å². The van der Waals surface area contributed by atoms with E-state index >= 15 is 0 Å². The van der Waals surface area contributed by atoms with Gasteiger partial charge in [0.25, 0.3) is 0 Å². The van der Waals surface area contributed by atoms with E-state index in [1.165, 1.54) is 17.3 Å². The van der Waals surface area contributed by atoms with Crippen molar-refractivity contribution < 1.29 is 4.79 Å². The van der Waals surface area contributed by atoms with Crippen molar-refractivity contribution in [3.8, 4) is 0 Å². The van der Waals surface area contributed by atoms with E-state index in [9.17, 15) is 4.79 Å². The zero-order valence-corrected chi connectivity index (χ0v) is 16.0. The van der Waals surface area contributed by atoms with Gasteiger partial charge in [0.05, 0.1) is 10.8 Å². The van der Waals surface area contributed by atoms with Crippen LogP contribution in [0.15, 0.2) is 65.8 Å². The summed E-state index contributed by atoms with van der Waals surface area (Å²) in [6.07, 6.45) is 0.981. The Labute approximate surface area is 161 Å². The molecule has 0 saturated heterocycles. The third-order valence-electron chi connectivity index (χ3n) is 4.53. The number of para-hydroxylation sites is 1. The number of benzene rings is 2. The van der Waals surface area contributed by atoms with E-state index in [-0.39, 0.29) is 11.2 Å². The van der Waals surface area contributed by atoms with Gasteiger partial charge >= 0.3 is 0 Å². The van der Waals surface area contributed by atoms with Crippen LogP contribution in [0.4, 0.5) is 5.69 Å². The van der Waals surface area contributed by atoms with Crippen molar-refractivity contribution >= 4 is 39.9 Å². The minimum absolute atomic E-state index is 0.0544. The molecule has 0 saturated carbocycles. The summed E-state index contributed by atoms with van der Waals surface area (Å²) in [6.45, 7) is 3.99. The molecule has 2 heterocycles. The molecule has 0 fully saturated rings. The number of carbonyl (C=O) groups excluding carboxylic acids is 1. The Hall–Kier alpha value is -2.86. The molecule has 1 atom stereocenters. The van der Waals surface area contributed by atoms with E-state index in [2.05, 4.69) is 28.5 Å². The van der Waals surface area contributed by atoms with Gasteiger partial charge in [-0.2, -0.15) is 0 Å². The minimum Gasteiger partial charge on any atom is -0.325 e. The highest BCUT2D eigenvalue weighted by Crippen LogP contribution is 2.26. The van der Waals surface area contributed by atoms with Crippen LogP contribution < -0.4 is 5.32 Å². The molecular weight excluding hydrogens is 356 g/mol. The molecule has 1 N–H and O–H groups in total. The smallest absolute Gasteiger partial charge is 0.237 e. The van der Waals surface area contributed by atoms with Crippen LogP contribution >= 0.6 is 11.8 Å². The molecule has 2 aromatic carbocycles. The molecule has 5 nitrogen and oxygen atoms in total. The maximum absolute atomic E-state index is 12.6. The molecule has 4 aromatic rings. The summed E-state index contributed by atoms with van der Waals surface area (Å²) in [4.78, 5) is 12.6. The molecule has 1 amide bonds. The molecule has 0 aliphatic carbocycles. The lowest BCUT2D eigenvalue weighted by Gasteiger charge is -2.12. The van der Waals surface area contributed by atoms with E-state index in [0.29, 0.717) is 5.16 Å². The van der Waals surface area contributed by atoms with Crippen LogP contribution in [0.5, 0.6) is 0 Å². The first kappa shape index (κ1) is 17.5. The van der Waals surface area contributed by atoms with Crippen LogP contribution in [0.1, 0.15) is 19.4 Å². The first-order valence-electron chi connectivity index (χ1n) is 8.95. The van der Waals surface area contributed by atoms with Gasteiger partial charge in [0.2, 0.25) is 5.91 Å². The van der Waals surface area contributed by atoms with Crippen molar-refractivity contribution in [2.45, 2.75) is 30.7 Å². The lowest BCUT2D eigenvalue weighted by atomic mass is 10.1. The lowest BCUT2D eigenvalue weighted by Crippen LogP contribution is -2.22. The topological polar surface area (TPSA) is 59.3 Å². The lowest BCUT2D eigenvalue weighted by molar-refractivity contribution is -0.115. The highest BCUT2D eigenvalue weighted by atomic mass is 32.2. The third kappa shape index (κ3) is 3.53. The largest absolute Gasteiger partial charge is 0.325 e. The van der Waals surface area contributed by atoms with Crippen LogP contribution in [0.2, 0.25) is 0 Å². The van der Waals surface area contributed by atoms with Crippen LogP contribution in [0.25, 0.3) is 16.6 Å². The maximum Gasteiger partial charge on any atom is 0.237 e. The zero-order chi connectivity index (χ0) is 18.8. The SMILES string of the molecule is CCc1ccc(NC(=O)[C@@H](C)Sc2nnc3ccc4ccccc4n23)cc1. The number of hydrogen-bond acceptors (Lipinski definition) is 4. The molecule has 0 bridgehead atoms. The Bertz CT molecular complexity index is 1100. The number of aryl methyl sites for hydroxylation is 1. The Kier molecular flexibility index (Phi) is 4.81. The molecule has 0 aliphatic rings. The summed E-state index contributed by atoms with van der Waals surface area (Å²) in [5.74, 6) is -0.0544. The average Bonchev–Trinajstić information content (AvgIpc) is 3.12. The Morgan fingerprint density at radius 2 is 1.85 bits per heavy atom. The molecule has 0 spiro atoms. The van der Waals surface area contributed by atoms with Gasteiger partial charge in [0.15, 0.2) is 10.8 Å². The fourth-order valence-corrected chi connectivity index (χ4v) is 3.84. The van der Waals surface area contributed by atoms with Gasteiger partial charge in [-0.15, -0.1) is 10.2 Å². The molecule has 2 aromatic heterocycles. The number of amides is 1. The van der Waals surface area contributed by atoms with Gasteiger partial charge in [-0.3, -0.25) is 9.20 Å². The Balaban J connectivity index is 1.56. The molecule has 4 rings (SSSR count). The van der Waals surface area contributed by atoms with E-state index < -0.39 is 0 Å². The molecule has 27 heavy (non-hydrogen) atoms. The number of carbonyl (C=O) groups is 1. The van der Waals surface area contributed by atoms with Crippen LogP contribution in [0, 0.1) is 0 Å². The summed E-state index contributed by atoms with van der Waals surface area (Å²) in [6, 6.07) is 20.0. The number of nitrogens with one attached hydrogen (secondary N) is 1. The minimum atomic E-state index is -0.303. The van der Waals surface area contributed by atoms with Crippen LogP contribution in [0.3, 0.4) is 0 Å². The van der Waals surface area contributed by atoms with Crippen molar-refractivity contribution in [1.82, 2.24) is 14.6 Å². The van der Waals surface area contributed by atoms with E-state index in [0.717, 1.165) is 28.7 Å². The molecule has 0 unspecified atom stereocenters. The summed E-state index contributed by atoms with van der Waals surface area (Å²) in [5.41, 5.74) is 3.86. The molecule has 136 valence electrons. The Morgan fingerprint density at radius 3 is 2.63 bits per heavy atom. The highest BCUT2D eigenvalue weighted by Gasteiger charge is 2.19. The van der Waals surface area contributed by atoms with E-state index in [1.54, 1.807) is 0 Å². The second-order valence-electron chi connectivity index (χ2n) is 6.37. The van der Waals surface area contributed by atoms with Gasteiger partial charge in [-0.1, -0.05) is 49.0 Å². The first-order chi connectivity index (χ1) is 13.2. The molecule has 0 aliphatic heterocycles. The normalized spacial score (nSPS) is 12.4. The van der Waals surface area contributed by atoms with E-state index in [4.69, 9.17) is 0 Å². The van der Waals surface area contributed by atoms with Crippen molar-refractivity contribution in [3.63, 3.8) is 0 Å². The second-order valence-corrected chi connectivity index (χ2v) is 7.68. The monoisotopic (exact) mass is 376 g/mol. The predicted octanol–water partition coefficient (Wildman–Crippen LogP) is 4.56. The maximum atomic E-state index is 12.6. The van der Waals surface area contributed by atoms with Crippen molar-refractivity contribution in [1.29, 1.82) is 0 Å². The van der Waals surface area contributed by atoms with Gasteiger partial charge in [-0.05, 0) is 54.6 Å². The number of rotatable bonds is 5. The number of pyridine rings is 1. The highest BCUT2D eigenvalue weighted by molar-refractivity contribution is 8.00. The summed E-state index contributed by atoms with van der Waals surface area (Å²) >= 11 is 1.41. The zero-order valence-electron chi connectivity index (χ0n) is 15.2. The fourth-order valence-electron chi connectivity index (χ4n) is 2.97. The first-order valence-corrected chi connectivity index (χ1v) is 9.83. The predicted molar refractivity (Wildman–Crippen MR) is 110 cm³/mol. The van der Waals surface area contributed by atoms with Gasteiger partial charge in [-0.25, -0.2) is 0 Å². The molecule has 0 radical (unpaired) electrons. The average molecular weight is 376 g/mol. The quantitative estimate of drug-likeness (QED) is 0.519. The summed E-state index contributed by atoms with van der Waals surface area (Å²) in [7, 11) is 0. The van der Waals surface area contributed by atoms with E-state index in [1.807, 2.05) is 65.9 Å². The number of thioether (sulfide) groups is 1. The fraction of sp³-hybridized carbons (Fsp3) is 0.190. The Morgan fingerprint density at radius 1 is 1.07 bits per heavy atom. The van der Waals surface area contributed by atoms with Crippen molar-refractivity contribution in [3.05, 3.63) is 66.2 Å². The van der Waals surface area contributed by atoms with Crippen molar-refractivity contribution in [2.75, 3.05) is 5.32 Å². The van der Waals surface area contributed by atoms with Crippen LogP contribution in [-0.4, -0.2) is 25.8 Å². The molecule has 6 heteroatoms. The van der Waals surface area contributed by atoms with Gasteiger partial charge < -0.3 is 5.32 Å². The summed E-state index contributed by atoms with van der Waals surface area (Å²) in [5, 5.41) is 13.0. The van der Waals surface area contributed by atoms with Crippen molar-refractivity contribution in [2.24, 2.45) is 0 Å². The van der Waals surface area contributed by atoms with Gasteiger partial charge in [0, 0.05) is 5.69 Å². The number of aromatic nitrogens is 3. The standard InChI is InChI=1S/C21H20N4OS/c1-3-15-8-11-17(12-9-15)22-20(26)14(2)27-21-24-23-19-13-10-16-6-4-5-7-18(16)25(19)21/h4-14H,3H2,1-2H3,(H,22,26)/t14-/m1/s1. The number of anilines is 1. The number of nitrogens with zero attached hydrogens (tertiary/aromatic N) is 3. The molecular formula is C21H20N4OS. The number of fused-ring (bicyclic) bond motifs is 3. The van der Waals surface area contributed by atoms with Crippen LogP contribution in [-0.2, 0) is 11.2 Å². The number of hydrogen-bond donors (Lipinski definition) is 1. The summed E-state index contributed by atoms with van der Waals surface area (Å²) < 4.78 is 2.00. The third-order valence-corrected chi connectivity index (χ3v) is 5.57. The second kappa shape index (κ2) is 7.40.